The zero-order valence-corrected chi connectivity index (χ0v) is 16.0. The smallest absolute Gasteiger partial charge is 0.243 e. The monoisotopic (exact) mass is 382 g/mol. The van der Waals surface area contributed by atoms with Gasteiger partial charge in [-0.05, 0) is 25.0 Å². The summed E-state index contributed by atoms with van der Waals surface area (Å²) in [4.78, 5) is 28.0. The van der Waals surface area contributed by atoms with Crippen molar-refractivity contribution in [1.82, 2.24) is 10.3 Å². The molecular weight excluding hydrogens is 360 g/mol. The minimum atomic E-state index is -0.612. The van der Waals surface area contributed by atoms with Gasteiger partial charge in [-0.15, -0.1) is 23.7 Å². The number of aromatic nitrogens is 1. The summed E-state index contributed by atoms with van der Waals surface area (Å²) < 4.78 is 0. The molecule has 0 aliphatic heterocycles. The van der Waals surface area contributed by atoms with Gasteiger partial charge < -0.3 is 16.4 Å². The molecule has 1 aromatic carbocycles. The lowest BCUT2D eigenvalue weighted by molar-refractivity contribution is -0.125. The molecule has 2 aromatic rings. The molecule has 1 heterocycles. The van der Waals surface area contributed by atoms with Crippen LogP contribution in [0, 0.1) is 12.8 Å². The van der Waals surface area contributed by atoms with Crippen molar-refractivity contribution in [2.75, 3.05) is 11.9 Å². The number of benzene rings is 1. The first-order valence-corrected chi connectivity index (χ1v) is 8.60. The Bertz CT molecular complexity index is 716. The number of nitrogens with one attached hydrogen (secondary N) is 2. The first-order chi connectivity index (χ1) is 11.4. The summed E-state index contributed by atoms with van der Waals surface area (Å²) in [6.07, 6.45) is 0. The molecule has 136 valence electrons. The van der Waals surface area contributed by atoms with Gasteiger partial charge in [-0.25, -0.2) is 4.98 Å². The molecule has 1 aromatic heterocycles. The van der Waals surface area contributed by atoms with Gasteiger partial charge in [-0.1, -0.05) is 26.0 Å². The highest BCUT2D eigenvalue weighted by atomic mass is 35.5. The van der Waals surface area contributed by atoms with E-state index in [9.17, 15) is 9.59 Å². The summed E-state index contributed by atoms with van der Waals surface area (Å²) in [6, 6.07) is 6.81. The number of anilines is 1. The van der Waals surface area contributed by atoms with Crippen molar-refractivity contribution >= 4 is 41.2 Å². The van der Waals surface area contributed by atoms with E-state index in [0.717, 1.165) is 16.3 Å². The Morgan fingerprint density at radius 3 is 2.40 bits per heavy atom. The van der Waals surface area contributed by atoms with E-state index < -0.39 is 6.04 Å². The number of carbonyl (C=O) groups excluding carboxylic acids is 2. The number of hydrogen-bond donors (Lipinski definition) is 3. The molecule has 0 bridgehead atoms. The molecule has 2 amide bonds. The lowest BCUT2D eigenvalue weighted by Gasteiger charge is -2.15. The highest BCUT2D eigenvalue weighted by Crippen LogP contribution is 2.22. The van der Waals surface area contributed by atoms with Crippen LogP contribution in [0.15, 0.2) is 29.6 Å². The number of rotatable bonds is 6. The Balaban J connectivity index is 0.00000312. The van der Waals surface area contributed by atoms with Gasteiger partial charge in [0.1, 0.15) is 0 Å². The second kappa shape index (κ2) is 9.50. The third-order valence-corrected chi connectivity index (χ3v) is 4.30. The lowest BCUT2D eigenvalue weighted by atomic mass is 10.1. The van der Waals surface area contributed by atoms with Gasteiger partial charge in [-0.3, -0.25) is 9.59 Å². The van der Waals surface area contributed by atoms with Gasteiger partial charge >= 0.3 is 0 Å². The fraction of sp³-hybridized carbons (Fsp3) is 0.353. The summed E-state index contributed by atoms with van der Waals surface area (Å²) in [6.45, 7) is 5.57. The van der Waals surface area contributed by atoms with Crippen LogP contribution in [-0.4, -0.2) is 29.4 Å². The highest BCUT2D eigenvalue weighted by Gasteiger charge is 2.17. The van der Waals surface area contributed by atoms with E-state index in [1.165, 1.54) is 0 Å². The molecule has 0 spiro atoms. The van der Waals surface area contributed by atoms with Crippen LogP contribution in [0.5, 0.6) is 0 Å². The lowest BCUT2D eigenvalue weighted by Crippen LogP contribution is -2.46. The molecule has 0 saturated carbocycles. The molecule has 4 N–H and O–H groups in total. The molecule has 6 nitrogen and oxygen atoms in total. The van der Waals surface area contributed by atoms with Gasteiger partial charge in [0.05, 0.1) is 23.3 Å². The van der Waals surface area contributed by atoms with E-state index in [2.05, 4.69) is 15.6 Å². The van der Waals surface area contributed by atoms with Crippen LogP contribution in [0.4, 0.5) is 5.69 Å². The molecular formula is C17H23ClN4O2S. The Kier molecular flexibility index (Phi) is 8.02. The number of aryl methyl sites for hydroxylation is 1. The minimum Gasteiger partial charge on any atom is -0.346 e. The molecule has 2 rings (SSSR count). The summed E-state index contributed by atoms with van der Waals surface area (Å²) in [5, 5.41) is 8.28. The average Bonchev–Trinajstić information content (AvgIpc) is 2.99. The van der Waals surface area contributed by atoms with Gasteiger partial charge in [0, 0.05) is 16.6 Å². The summed E-state index contributed by atoms with van der Waals surface area (Å²) in [5.74, 6) is -0.596. The Morgan fingerprint density at radius 1 is 1.24 bits per heavy atom. The third kappa shape index (κ3) is 6.12. The fourth-order valence-electron chi connectivity index (χ4n) is 2.01. The van der Waals surface area contributed by atoms with Crippen LogP contribution in [0.25, 0.3) is 11.3 Å². The summed E-state index contributed by atoms with van der Waals surface area (Å²) in [7, 11) is 0. The Hall–Kier alpha value is -1.96. The molecule has 8 heteroatoms. The normalized spacial score (nSPS) is 11.6. The predicted molar refractivity (Wildman–Crippen MR) is 104 cm³/mol. The van der Waals surface area contributed by atoms with Crippen LogP contribution in [-0.2, 0) is 9.59 Å². The standard InChI is InChI=1S/C17H22N4O2S.ClH/c1-10(2)16(18)17(23)19-8-15(22)21-13-6-4-12(5-7-13)14-9-24-11(3)20-14;/h4-7,9-10,16H,8,18H2,1-3H3,(H,19,23)(H,21,22);1H/t16-;/m0./s1. The first kappa shape index (κ1) is 21.1. The minimum absolute atomic E-state index is 0. The average molecular weight is 383 g/mol. The number of nitrogens with zero attached hydrogens (tertiary/aromatic N) is 1. The van der Waals surface area contributed by atoms with Crippen LogP contribution in [0.2, 0.25) is 0 Å². The van der Waals surface area contributed by atoms with Crippen molar-refractivity contribution in [3.63, 3.8) is 0 Å². The maximum atomic E-state index is 11.9. The van der Waals surface area contributed by atoms with E-state index in [4.69, 9.17) is 5.73 Å². The van der Waals surface area contributed by atoms with E-state index >= 15 is 0 Å². The Labute approximate surface area is 157 Å². The van der Waals surface area contributed by atoms with Gasteiger partial charge in [-0.2, -0.15) is 0 Å². The summed E-state index contributed by atoms with van der Waals surface area (Å²) >= 11 is 1.60. The second-order valence-electron chi connectivity index (χ2n) is 5.86. The molecule has 0 radical (unpaired) electrons. The van der Waals surface area contributed by atoms with E-state index in [1.54, 1.807) is 11.3 Å². The van der Waals surface area contributed by atoms with E-state index in [0.29, 0.717) is 5.69 Å². The van der Waals surface area contributed by atoms with Crippen molar-refractivity contribution < 1.29 is 9.59 Å². The number of thiazole rings is 1. The number of amides is 2. The van der Waals surface area contributed by atoms with Crippen molar-refractivity contribution in [3.05, 3.63) is 34.7 Å². The van der Waals surface area contributed by atoms with Crippen LogP contribution < -0.4 is 16.4 Å². The quantitative estimate of drug-likeness (QED) is 0.715. The molecule has 0 saturated heterocycles. The SMILES string of the molecule is Cc1nc(-c2ccc(NC(=O)CNC(=O)[C@@H](N)C(C)C)cc2)cs1.Cl. The van der Waals surface area contributed by atoms with Crippen molar-refractivity contribution in [2.24, 2.45) is 11.7 Å². The molecule has 0 fully saturated rings. The van der Waals surface area contributed by atoms with Gasteiger partial charge in [0.15, 0.2) is 0 Å². The Morgan fingerprint density at radius 2 is 1.88 bits per heavy atom. The number of carbonyl (C=O) groups is 2. The predicted octanol–water partition coefficient (Wildman–Crippen LogP) is 2.58. The van der Waals surface area contributed by atoms with Crippen LogP contribution >= 0.6 is 23.7 Å². The van der Waals surface area contributed by atoms with Crippen LogP contribution in [0.1, 0.15) is 18.9 Å². The molecule has 0 aliphatic carbocycles. The number of hydrogen-bond acceptors (Lipinski definition) is 5. The molecule has 0 unspecified atom stereocenters. The van der Waals surface area contributed by atoms with Gasteiger partial charge in [0.25, 0.3) is 0 Å². The third-order valence-electron chi connectivity index (χ3n) is 3.53. The van der Waals surface area contributed by atoms with Gasteiger partial charge in [0.2, 0.25) is 11.8 Å². The summed E-state index contributed by atoms with van der Waals surface area (Å²) in [5.41, 5.74) is 8.30. The second-order valence-corrected chi connectivity index (χ2v) is 6.93. The topological polar surface area (TPSA) is 97.1 Å². The van der Waals surface area contributed by atoms with Crippen molar-refractivity contribution in [2.45, 2.75) is 26.8 Å². The van der Waals surface area contributed by atoms with Crippen LogP contribution in [0.3, 0.4) is 0 Å². The molecule has 0 aliphatic rings. The first-order valence-electron chi connectivity index (χ1n) is 7.72. The maximum Gasteiger partial charge on any atom is 0.243 e. The molecule has 25 heavy (non-hydrogen) atoms. The maximum absolute atomic E-state index is 11.9. The van der Waals surface area contributed by atoms with E-state index in [-0.39, 0.29) is 36.7 Å². The fourth-order valence-corrected chi connectivity index (χ4v) is 2.64. The zero-order chi connectivity index (χ0) is 17.7. The number of halogens is 1. The zero-order valence-electron chi connectivity index (χ0n) is 14.4. The highest BCUT2D eigenvalue weighted by molar-refractivity contribution is 7.09. The molecule has 1 atom stereocenters. The van der Waals surface area contributed by atoms with Crippen molar-refractivity contribution in [3.8, 4) is 11.3 Å². The van der Waals surface area contributed by atoms with E-state index in [1.807, 2.05) is 50.4 Å². The van der Waals surface area contributed by atoms with Crippen molar-refractivity contribution in [1.29, 1.82) is 0 Å². The largest absolute Gasteiger partial charge is 0.346 e. The number of nitrogens with two attached hydrogens (primary N) is 1.